The Morgan fingerprint density at radius 1 is 1.50 bits per heavy atom. The van der Waals surface area contributed by atoms with Crippen LogP contribution in [0.4, 0.5) is 0 Å². The van der Waals surface area contributed by atoms with E-state index in [-0.39, 0.29) is 18.8 Å². The van der Waals surface area contributed by atoms with Crippen LogP contribution in [-0.2, 0) is 19.6 Å². The zero-order valence-electron chi connectivity index (χ0n) is 8.97. The van der Waals surface area contributed by atoms with Crippen LogP contribution >= 0.6 is 0 Å². The molecule has 0 spiro atoms. The summed E-state index contributed by atoms with van der Waals surface area (Å²) in [4.78, 5) is 22.4. The Bertz CT molecular complexity index is 392. The van der Waals surface area contributed by atoms with Gasteiger partial charge in [0.2, 0.25) is 21.8 Å². The molecule has 7 nitrogen and oxygen atoms in total. The van der Waals surface area contributed by atoms with Crippen molar-refractivity contribution in [2.75, 3.05) is 18.8 Å². The van der Waals surface area contributed by atoms with E-state index in [0.29, 0.717) is 6.42 Å². The molecule has 3 N–H and O–H groups in total. The van der Waals surface area contributed by atoms with Gasteiger partial charge in [0.05, 0.1) is 12.3 Å². The van der Waals surface area contributed by atoms with Crippen LogP contribution in [0.3, 0.4) is 0 Å². The van der Waals surface area contributed by atoms with Crippen molar-refractivity contribution in [3.05, 3.63) is 0 Å². The van der Waals surface area contributed by atoms with Gasteiger partial charge in [0, 0.05) is 0 Å². The number of nitrogens with zero attached hydrogens (tertiary/aromatic N) is 1. The van der Waals surface area contributed by atoms with Gasteiger partial charge in [-0.2, -0.15) is 4.31 Å². The van der Waals surface area contributed by atoms with Gasteiger partial charge < -0.3 is 5.73 Å². The molecule has 0 aromatic carbocycles. The Hall–Kier alpha value is -0.990. The van der Waals surface area contributed by atoms with Gasteiger partial charge in [0.25, 0.3) is 0 Å². The first-order chi connectivity index (χ1) is 7.38. The van der Waals surface area contributed by atoms with Crippen molar-refractivity contribution >= 4 is 21.8 Å². The summed E-state index contributed by atoms with van der Waals surface area (Å²) in [5.74, 6) is -1.33. The van der Waals surface area contributed by atoms with Gasteiger partial charge in [-0.1, -0.05) is 0 Å². The molecule has 0 radical (unpaired) electrons. The molecule has 1 rings (SSSR count). The molecule has 1 heterocycles. The fraction of sp³-hybridized carbons (Fsp3) is 0.750. The highest BCUT2D eigenvalue weighted by atomic mass is 32.2. The lowest BCUT2D eigenvalue weighted by molar-refractivity contribution is -0.136. The molecule has 1 saturated heterocycles. The third-order valence-corrected chi connectivity index (χ3v) is 4.30. The van der Waals surface area contributed by atoms with Crippen LogP contribution in [0.1, 0.15) is 13.3 Å². The summed E-state index contributed by atoms with van der Waals surface area (Å²) in [5, 5.41) is 2.08. The predicted octanol–water partition coefficient (Wildman–Crippen LogP) is -1.99. The van der Waals surface area contributed by atoms with Gasteiger partial charge in [-0.15, -0.1) is 0 Å². The standard InChI is InChI=1S/C8H15N3O4S/c1-6-8(13)10-7(12)5-11(6)16(14,15)4-2-3-9/h6H,2-5,9H2,1H3,(H,10,12,13). The number of carbonyl (C=O) groups is 2. The minimum Gasteiger partial charge on any atom is -0.330 e. The van der Waals surface area contributed by atoms with E-state index in [0.717, 1.165) is 4.31 Å². The zero-order valence-corrected chi connectivity index (χ0v) is 9.79. The number of piperazine rings is 1. The fourth-order valence-corrected chi connectivity index (χ4v) is 3.07. The first-order valence-electron chi connectivity index (χ1n) is 4.92. The summed E-state index contributed by atoms with van der Waals surface area (Å²) in [6.45, 7) is 1.39. The van der Waals surface area contributed by atoms with E-state index in [1.54, 1.807) is 0 Å². The lowest BCUT2D eigenvalue weighted by Crippen LogP contribution is -2.58. The molecular weight excluding hydrogens is 234 g/mol. The minimum absolute atomic E-state index is 0.144. The maximum atomic E-state index is 11.8. The van der Waals surface area contributed by atoms with Gasteiger partial charge in [0.1, 0.15) is 6.04 Å². The number of amides is 2. The van der Waals surface area contributed by atoms with E-state index in [9.17, 15) is 18.0 Å². The maximum absolute atomic E-state index is 11.8. The van der Waals surface area contributed by atoms with Crippen LogP contribution in [0.15, 0.2) is 0 Å². The van der Waals surface area contributed by atoms with E-state index in [2.05, 4.69) is 5.32 Å². The maximum Gasteiger partial charge on any atom is 0.244 e. The summed E-state index contributed by atoms with van der Waals surface area (Å²) in [6, 6.07) is -0.847. The second kappa shape index (κ2) is 4.89. The summed E-state index contributed by atoms with van der Waals surface area (Å²) < 4.78 is 24.5. The lowest BCUT2D eigenvalue weighted by atomic mass is 10.2. The van der Waals surface area contributed by atoms with E-state index in [1.807, 2.05) is 0 Å². The van der Waals surface area contributed by atoms with Crippen molar-refractivity contribution in [2.45, 2.75) is 19.4 Å². The molecule has 16 heavy (non-hydrogen) atoms. The Balaban J connectivity index is 2.85. The van der Waals surface area contributed by atoms with Crippen molar-refractivity contribution in [3.63, 3.8) is 0 Å². The minimum atomic E-state index is -3.59. The Morgan fingerprint density at radius 3 is 2.69 bits per heavy atom. The van der Waals surface area contributed by atoms with Gasteiger partial charge in [0.15, 0.2) is 0 Å². The van der Waals surface area contributed by atoms with Crippen molar-refractivity contribution in [3.8, 4) is 0 Å². The van der Waals surface area contributed by atoms with Gasteiger partial charge in [-0.25, -0.2) is 8.42 Å². The van der Waals surface area contributed by atoms with Crippen molar-refractivity contribution in [1.29, 1.82) is 0 Å². The van der Waals surface area contributed by atoms with E-state index in [1.165, 1.54) is 6.92 Å². The van der Waals surface area contributed by atoms with Crippen LogP contribution in [0.25, 0.3) is 0 Å². The molecule has 92 valence electrons. The van der Waals surface area contributed by atoms with Crippen molar-refractivity contribution < 1.29 is 18.0 Å². The molecule has 0 aromatic heterocycles. The Kier molecular flexibility index (Phi) is 4.00. The first kappa shape index (κ1) is 13.1. The molecule has 1 aliphatic heterocycles. The van der Waals surface area contributed by atoms with Crippen molar-refractivity contribution in [1.82, 2.24) is 9.62 Å². The average molecular weight is 249 g/mol. The fourth-order valence-electron chi connectivity index (χ4n) is 1.41. The molecule has 0 aliphatic carbocycles. The highest BCUT2D eigenvalue weighted by Crippen LogP contribution is 2.12. The summed E-state index contributed by atoms with van der Waals surface area (Å²) >= 11 is 0. The molecule has 1 aliphatic rings. The third kappa shape index (κ3) is 2.77. The molecule has 1 atom stereocenters. The first-order valence-corrected chi connectivity index (χ1v) is 6.52. The molecular formula is C8H15N3O4S. The van der Waals surface area contributed by atoms with Crippen LogP contribution in [0.5, 0.6) is 0 Å². The molecule has 1 fully saturated rings. The van der Waals surface area contributed by atoms with Crippen LogP contribution in [0, 0.1) is 0 Å². The number of hydrogen-bond acceptors (Lipinski definition) is 5. The number of hydrogen-bond donors (Lipinski definition) is 2. The molecule has 0 saturated carbocycles. The molecule has 8 heteroatoms. The van der Waals surface area contributed by atoms with Gasteiger partial charge >= 0.3 is 0 Å². The van der Waals surface area contributed by atoms with Crippen molar-refractivity contribution in [2.24, 2.45) is 5.73 Å². The van der Waals surface area contributed by atoms with Crippen LogP contribution in [-0.4, -0.2) is 49.4 Å². The number of nitrogens with one attached hydrogen (secondary N) is 1. The monoisotopic (exact) mass is 249 g/mol. The summed E-state index contributed by atoms with van der Waals surface area (Å²) in [5.41, 5.74) is 5.23. The second-order valence-electron chi connectivity index (χ2n) is 3.59. The molecule has 0 bridgehead atoms. The highest BCUT2D eigenvalue weighted by Gasteiger charge is 2.37. The quantitative estimate of drug-likeness (QED) is 0.561. The molecule has 2 amide bonds. The lowest BCUT2D eigenvalue weighted by Gasteiger charge is -2.30. The number of nitrogens with two attached hydrogens (primary N) is 1. The number of carbonyl (C=O) groups excluding carboxylic acids is 2. The Morgan fingerprint density at radius 2 is 2.12 bits per heavy atom. The molecule has 1 unspecified atom stereocenters. The topological polar surface area (TPSA) is 110 Å². The van der Waals surface area contributed by atoms with E-state index < -0.39 is 27.9 Å². The summed E-state index contributed by atoms with van der Waals surface area (Å²) in [7, 11) is -3.59. The largest absolute Gasteiger partial charge is 0.330 e. The Labute approximate surface area is 94.0 Å². The zero-order chi connectivity index (χ0) is 12.3. The normalized spacial score (nSPS) is 23.2. The number of rotatable bonds is 4. The van der Waals surface area contributed by atoms with Gasteiger partial charge in [-0.3, -0.25) is 14.9 Å². The second-order valence-corrected chi connectivity index (χ2v) is 5.63. The SMILES string of the molecule is CC1C(=O)NC(=O)CN1S(=O)(=O)CCCN. The van der Waals surface area contributed by atoms with Crippen LogP contribution in [0.2, 0.25) is 0 Å². The highest BCUT2D eigenvalue weighted by molar-refractivity contribution is 7.89. The van der Waals surface area contributed by atoms with Gasteiger partial charge in [-0.05, 0) is 19.9 Å². The van der Waals surface area contributed by atoms with Crippen LogP contribution < -0.4 is 11.1 Å². The smallest absolute Gasteiger partial charge is 0.244 e. The van der Waals surface area contributed by atoms with E-state index in [4.69, 9.17) is 5.73 Å². The molecule has 0 aromatic rings. The predicted molar refractivity (Wildman–Crippen MR) is 56.8 cm³/mol. The van der Waals surface area contributed by atoms with E-state index >= 15 is 0 Å². The number of sulfonamides is 1. The average Bonchev–Trinajstić information content (AvgIpc) is 2.20. The number of imide groups is 1. The summed E-state index contributed by atoms with van der Waals surface area (Å²) in [6.07, 6.45) is 0.307. The third-order valence-electron chi connectivity index (χ3n) is 2.34.